The molecule has 0 aliphatic rings. The third-order valence-electron chi connectivity index (χ3n) is 3.91. The van der Waals surface area contributed by atoms with Gasteiger partial charge in [-0.1, -0.05) is 24.3 Å². The first-order valence-electron chi connectivity index (χ1n) is 8.28. The predicted octanol–water partition coefficient (Wildman–Crippen LogP) is 2.30. The summed E-state index contributed by atoms with van der Waals surface area (Å²) in [7, 11) is 0. The van der Waals surface area contributed by atoms with E-state index in [-0.39, 0.29) is 6.54 Å². The number of aromatic nitrogens is 3. The average Bonchev–Trinajstić information content (AvgIpc) is 3.20. The van der Waals surface area contributed by atoms with Crippen LogP contribution in [0.1, 0.15) is 11.1 Å². The van der Waals surface area contributed by atoms with Crippen molar-refractivity contribution in [2.45, 2.75) is 18.0 Å². The van der Waals surface area contributed by atoms with E-state index in [0.29, 0.717) is 12.2 Å². The van der Waals surface area contributed by atoms with Crippen molar-refractivity contribution in [2.24, 2.45) is 0 Å². The van der Waals surface area contributed by atoms with Crippen LogP contribution in [0.5, 0.6) is 0 Å². The van der Waals surface area contributed by atoms with E-state index in [9.17, 15) is 9.59 Å². The zero-order valence-corrected chi connectivity index (χ0v) is 15.6. The number of carbonyl (C=O) groups is 2. The van der Waals surface area contributed by atoms with E-state index in [0.717, 1.165) is 16.0 Å². The molecule has 2 aromatic carbocycles. The molecule has 2 N–H and O–H groups in total. The van der Waals surface area contributed by atoms with Gasteiger partial charge >= 0.3 is 11.8 Å². The van der Waals surface area contributed by atoms with Crippen molar-refractivity contribution in [3.05, 3.63) is 72.3 Å². The fourth-order valence-electron chi connectivity index (χ4n) is 2.49. The maximum absolute atomic E-state index is 12.1. The summed E-state index contributed by atoms with van der Waals surface area (Å²) < 4.78 is 1.70. The number of thioether (sulfide) groups is 1. The quantitative estimate of drug-likeness (QED) is 0.505. The van der Waals surface area contributed by atoms with E-state index in [1.807, 2.05) is 42.7 Å². The minimum Gasteiger partial charge on any atom is -0.344 e. The normalized spacial score (nSPS) is 10.4. The number of amides is 2. The highest BCUT2D eigenvalue weighted by Crippen LogP contribution is 2.17. The summed E-state index contributed by atoms with van der Waals surface area (Å²) in [4.78, 5) is 29.2. The molecule has 0 spiro atoms. The van der Waals surface area contributed by atoms with Gasteiger partial charge in [0.15, 0.2) is 0 Å². The second kappa shape index (κ2) is 9.00. The second-order valence-electron chi connectivity index (χ2n) is 5.73. The van der Waals surface area contributed by atoms with Crippen LogP contribution in [-0.2, 0) is 22.7 Å². The Morgan fingerprint density at radius 1 is 1.04 bits per heavy atom. The molecule has 1 heterocycles. The molecule has 0 saturated carbocycles. The summed E-state index contributed by atoms with van der Waals surface area (Å²) in [5, 5.41) is 9.35. The highest BCUT2D eigenvalue weighted by molar-refractivity contribution is 7.98. The summed E-state index contributed by atoms with van der Waals surface area (Å²) in [6.07, 6.45) is 5.08. The Hall–Kier alpha value is -3.13. The molecule has 0 bridgehead atoms. The standard InChI is InChI=1S/C19H19N5O2S/c1-27-17-8-6-16(7-9-17)23-19(26)18(25)21-10-14-4-2-3-5-15(14)11-24-13-20-12-22-24/h2-9,12-13H,10-11H2,1H3,(H,21,25)(H,23,26). The van der Waals surface area contributed by atoms with Gasteiger partial charge in [-0.2, -0.15) is 5.10 Å². The molecule has 0 aliphatic heterocycles. The topological polar surface area (TPSA) is 88.9 Å². The molecule has 0 unspecified atom stereocenters. The molecule has 27 heavy (non-hydrogen) atoms. The SMILES string of the molecule is CSc1ccc(NC(=O)C(=O)NCc2ccccc2Cn2cncn2)cc1. The zero-order chi connectivity index (χ0) is 19.1. The van der Waals surface area contributed by atoms with E-state index in [1.165, 1.54) is 6.33 Å². The molecule has 2 amide bonds. The lowest BCUT2D eigenvalue weighted by molar-refractivity contribution is -0.136. The third-order valence-corrected chi connectivity index (χ3v) is 4.65. The van der Waals surface area contributed by atoms with Crippen LogP contribution in [0.3, 0.4) is 0 Å². The van der Waals surface area contributed by atoms with E-state index in [2.05, 4.69) is 20.7 Å². The highest BCUT2D eigenvalue weighted by Gasteiger charge is 2.14. The highest BCUT2D eigenvalue weighted by atomic mass is 32.2. The number of hydrogen-bond donors (Lipinski definition) is 2. The van der Waals surface area contributed by atoms with Gasteiger partial charge in [-0.05, 0) is 41.6 Å². The monoisotopic (exact) mass is 381 g/mol. The summed E-state index contributed by atoms with van der Waals surface area (Å²) in [5.74, 6) is -1.37. The molecule has 3 aromatic rings. The summed E-state index contributed by atoms with van der Waals surface area (Å²) in [6, 6.07) is 15.0. The molecule has 7 nitrogen and oxygen atoms in total. The van der Waals surface area contributed by atoms with Crippen LogP contribution in [0.25, 0.3) is 0 Å². The molecule has 0 saturated heterocycles. The Morgan fingerprint density at radius 2 is 1.78 bits per heavy atom. The van der Waals surface area contributed by atoms with E-state index in [1.54, 1.807) is 34.9 Å². The van der Waals surface area contributed by atoms with Crippen molar-refractivity contribution in [3.8, 4) is 0 Å². The molecule has 0 fully saturated rings. The van der Waals surface area contributed by atoms with Gasteiger partial charge in [-0.25, -0.2) is 9.67 Å². The maximum Gasteiger partial charge on any atom is 0.313 e. The number of hydrogen-bond acceptors (Lipinski definition) is 5. The average molecular weight is 381 g/mol. The first-order valence-corrected chi connectivity index (χ1v) is 9.50. The molecule has 0 aliphatic carbocycles. The number of benzene rings is 2. The minimum absolute atomic E-state index is 0.253. The molecular weight excluding hydrogens is 362 g/mol. The lowest BCUT2D eigenvalue weighted by Gasteiger charge is -2.11. The lowest BCUT2D eigenvalue weighted by Crippen LogP contribution is -2.35. The molecule has 0 radical (unpaired) electrons. The van der Waals surface area contributed by atoms with Crippen molar-refractivity contribution in [2.75, 3.05) is 11.6 Å². The van der Waals surface area contributed by atoms with E-state index < -0.39 is 11.8 Å². The van der Waals surface area contributed by atoms with Crippen LogP contribution in [0.4, 0.5) is 5.69 Å². The van der Waals surface area contributed by atoms with Gasteiger partial charge in [0, 0.05) is 17.1 Å². The van der Waals surface area contributed by atoms with E-state index >= 15 is 0 Å². The van der Waals surface area contributed by atoms with Crippen molar-refractivity contribution in [1.29, 1.82) is 0 Å². The van der Waals surface area contributed by atoms with Gasteiger partial charge in [-0.3, -0.25) is 9.59 Å². The summed E-state index contributed by atoms with van der Waals surface area (Å²) >= 11 is 1.61. The van der Waals surface area contributed by atoms with Crippen molar-refractivity contribution >= 4 is 29.3 Å². The second-order valence-corrected chi connectivity index (χ2v) is 6.61. The first kappa shape index (κ1) is 18.7. The van der Waals surface area contributed by atoms with Gasteiger partial charge in [0.2, 0.25) is 0 Å². The van der Waals surface area contributed by atoms with Crippen LogP contribution >= 0.6 is 11.8 Å². The lowest BCUT2D eigenvalue weighted by atomic mass is 10.1. The first-order chi connectivity index (χ1) is 13.2. The number of carbonyl (C=O) groups excluding carboxylic acids is 2. The third kappa shape index (κ3) is 5.18. The maximum atomic E-state index is 12.1. The molecule has 138 valence electrons. The Kier molecular flexibility index (Phi) is 6.22. The van der Waals surface area contributed by atoms with E-state index in [4.69, 9.17) is 0 Å². The fraction of sp³-hybridized carbons (Fsp3) is 0.158. The van der Waals surface area contributed by atoms with Crippen molar-refractivity contribution in [1.82, 2.24) is 20.1 Å². The van der Waals surface area contributed by atoms with Crippen molar-refractivity contribution in [3.63, 3.8) is 0 Å². The summed E-state index contributed by atoms with van der Waals surface area (Å²) in [5.41, 5.74) is 2.49. The Bertz CT molecular complexity index is 910. The number of nitrogens with zero attached hydrogens (tertiary/aromatic N) is 3. The number of anilines is 1. The summed E-state index contributed by atoms with van der Waals surface area (Å²) in [6.45, 7) is 0.794. The predicted molar refractivity (Wildman–Crippen MR) is 104 cm³/mol. The molecule has 1 aromatic heterocycles. The Balaban J connectivity index is 1.57. The molecule has 3 rings (SSSR count). The Morgan fingerprint density at radius 3 is 2.44 bits per heavy atom. The molecule has 0 atom stereocenters. The molecular formula is C19H19N5O2S. The van der Waals surface area contributed by atoms with Gasteiger partial charge in [-0.15, -0.1) is 11.8 Å². The van der Waals surface area contributed by atoms with Gasteiger partial charge < -0.3 is 10.6 Å². The van der Waals surface area contributed by atoms with Gasteiger partial charge in [0.1, 0.15) is 12.7 Å². The van der Waals surface area contributed by atoms with Crippen LogP contribution in [0, 0.1) is 0 Å². The minimum atomic E-state index is -0.694. The molecule has 8 heteroatoms. The Labute approximate surface area is 161 Å². The largest absolute Gasteiger partial charge is 0.344 e. The number of rotatable bonds is 6. The zero-order valence-electron chi connectivity index (χ0n) is 14.8. The van der Waals surface area contributed by atoms with Crippen molar-refractivity contribution < 1.29 is 9.59 Å². The van der Waals surface area contributed by atoms with Crippen LogP contribution < -0.4 is 10.6 Å². The van der Waals surface area contributed by atoms with Gasteiger partial charge in [0.25, 0.3) is 0 Å². The van der Waals surface area contributed by atoms with Crippen LogP contribution in [0.2, 0.25) is 0 Å². The fourth-order valence-corrected chi connectivity index (χ4v) is 2.90. The smallest absolute Gasteiger partial charge is 0.313 e. The van der Waals surface area contributed by atoms with Crippen LogP contribution in [-0.4, -0.2) is 32.8 Å². The number of nitrogens with one attached hydrogen (secondary N) is 2. The van der Waals surface area contributed by atoms with Gasteiger partial charge in [0.05, 0.1) is 6.54 Å². The van der Waals surface area contributed by atoms with Crippen LogP contribution in [0.15, 0.2) is 66.1 Å².